The number of carbonyl (C=O) groups is 1. The van der Waals surface area contributed by atoms with E-state index in [4.69, 9.17) is 5.26 Å². The summed E-state index contributed by atoms with van der Waals surface area (Å²) in [4.78, 5) is 11.6. The molecule has 0 bridgehead atoms. The standard InChI is InChI=1S/C12H22N2O/c1-6-9(2)7-10(3)14-11(15)12(4,5)8-13/h9-10H,6-7H2,1-5H3,(H,14,15). The third-order valence-corrected chi connectivity index (χ3v) is 2.68. The highest BCUT2D eigenvalue weighted by molar-refractivity contribution is 5.84. The summed E-state index contributed by atoms with van der Waals surface area (Å²) in [7, 11) is 0. The van der Waals surface area contributed by atoms with Crippen molar-refractivity contribution in [3.8, 4) is 6.07 Å². The van der Waals surface area contributed by atoms with Crippen LogP contribution >= 0.6 is 0 Å². The first-order valence-corrected chi connectivity index (χ1v) is 5.55. The zero-order valence-electron chi connectivity index (χ0n) is 10.4. The Balaban J connectivity index is 4.15. The lowest BCUT2D eigenvalue weighted by Crippen LogP contribution is -2.41. The van der Waals surface area contributed by atoms with Gasteiger partial charge in [0.2, 0.25) is 5.91 Å². The number of hydrogen-bond donors (Lipinski definition) is 1. The minimum Gasteiger partial charge on any atom is -0.352 e. The Bertz CT molecular complexity index is 253. The Morgan fingerprint density at radius 1 is 1.47 bits per heavy atom. The highest BCUT2D eigenvalue weighted by atomic mass is 16.2. The van der Waals surface area contributed by atoms with E-state index < -0.39 is 5.41 Å². The number of nitrogens with zero attached hydrogens (tertiary/aromatic N) is 1. The number of nitriles is 1. The van der Waals surface area contributed by atoms with Crippen LogP contribution < -0.4 is 5.32 Å². The maximum absolute atomic E-state index is 11.6. The molecule has 0 spiro atoms. The second kappa shape index (κ2) is 5.75. The summed E-state index contributed by atoms with van der Waals surface area (Å²) >= 11 is 0. The van der Waals surface area contributed by atoms with Crippen LogP contribution in [0, 0.1) is 22.7 Å². The van der Waals surface area contributed by atoms with Crippen molar-refractivity contribution in [2.45, 2.75) is 53.5 Å². The summed E-state index contributed by atoms with van der Waals surface area (Å²) in [5.41, 5.74) is -0.927. The summed E-state index contributed by atoms with van der Waals surface area (Å²) in [6, 6.07) is 2.14. The number of nitrogens with one attached hydrogen (secondary N) is 1. The zero-order chi connectivity index (χ0) is 12.1. The molecular formula is C12H22N2O. The van der Waals surface area contributed by atoms with Gasteiger partial charge in [0.15, 0.2) is 0 Å². The van der Waals surface area contributed by atoms with Crippen LogP contribution in [0.4, 0.5) is 0 Å². The first-order chi connectivity index (χ1) is 6.83. The Labute approximate surface area is 92.9 Å². The van der Waals surface area contributed by atoms with Crippen LogP contribution in [0.25, 0.3) is 0 Å². The fourth-order valence-corrected chi connectivity index (χ4v) is 1.28. The number of carbonyl (C=O) groups excluding carboxylic acids is 1. The lowest BCUT2D eigenvalue weighted by atomic mass is 9.93. The molecule has 86 valence electrons. The van der Waals surface area contributed by atoms with Crippen molar-refractivity contribution in [1.29, 1.82) is 5.26 Å². The first kappa shape index (κ1) is 14.0. The molecule has 2 atom stereocenters. The quantitative estimate of drug-likeness (QED) is 0.758. The molecule has 1 N–H and O–H groups in total. The van der Waals surface area contributed by atoms with E-state index in [-0.39, 0.29) is 11.9 Å². The molecule has 0 aromatic heterocycles. The van der Waals surface area contributed by atoms with Gasteiger partial charge in [-0.1, -0.05) is 20.3 Å². The molecule has 0 aromatic rings. The molecule has 0 fully saturated rings. The minimum atomic E-state index is -0.927. The van der Waals surface area contributed by atoms with E-state index in [0.717, 1.165) is 12.8 Å². The van der Waals surface area contributed by atoms with E-state index in [1.165, 1.54) is 0 Å². The molecule has 0 aliphatic rings. The summed E-state index contributed by atoms with van der Waals surface area (Å²) in [5.74, 6) is 0.423. The highest BCUT2D eigenvalue weighted by Gasteiger charge is 2.28. The van der Waals surface area contributed by atoms with E-state index >= 15 is 0 Å². The first-order valence-electron chi connectivity index (χ1n) is 5.55. The van der Waals surface area contributed by atoms with Crippen molar-refractivity contribution in [1.82, 2.24) is 5.32 Å². The van der Waals surface area contributed by atoms with Gasteiger partial charge in [-0.2, -0.15) is 5.26 Å². The van der Waals surface area contributed by atoms with Crippen molar-refractivity contribution in [3.63, 3.8) is 0 Å². The minimum absolute atomic E-state index is 0.139. The van der Waals surface area contributed by atoms with Crippen molar-refractivity contribution in [2.24, 2.45) is 11.3 Å². The average Bonchev–Trinajstić information content (AvgIpc) is 2.17. The molecular weight excluding hydrogens is 188 g/mol. The molecule has 0 aromatic carbocycles. The summed E-state index contributed by atoms with van der Waals surface area (Å²) in [6.07, 6.45) is 2.08. The number of amides is 1. The van der Waals surface area contributed by atoms with Crippen molar-refractivity contribution in [3.05, 3.63) is 0 Å². The highest BCUT2D eigenvalue weighted by Crippen LogP contribution is 2.15. The Hall–Kier alpha value is -1.04. The second-order valence-electron chi connectivity index (χ2n) is 4.86. The molecule has 0 aliphatic heterocycles. The Morgan fingerprint density at radius 2 is 2.00 bits per heavy atom. The van der Waals surface area contributed by atoms with E-state index in [9.17, 15) is 4.79 Å². The van der Waals surface area contributed by atoms with Gasteiger partial charge < -0.3 is 5.32 Å². The van der Waals surface area contributed by atoms with Gasteiger partial charge >= 0.3 is 0 Å². The monoisotopic (exact) mass is 210 g/mol. The SMILES string of the molecule is CCC(C)CC(C)NC(=O)C(C)(C)C#N. The van der Waals surface area contributed by atoms with E-state index in [1.54, 1.807) is 13.8 Å². The predicted octanol–water partition coefficient (Wildman–Crippen LogP) is 2.48. The topological polar surface area (TPSA) is 52.9 Å². The van der Waals surface area contributed by atoms with Crippen LogP contribution in [0.2, 0.25) is 0 Å². The van der Waals surface area contributed by atoms with Gasteiger partial charge in [-0.25, -0.2) is 0 Å². The summed E-state index contributed by atoms with van der Waals surface area (Å²) in [6.45, 7) is 9.56. The van der Waals surface area contributed by atoms with E-state index in [2.05, 4.69) is 19.2 Å². The fraction of sp³-hybridized carbons (Fsp3) is 0.833. The largest absolute Gasteiger partial charge is 0.352 e. The third-order valence-electron chi connectivity index (χ3n) is 2.68. The van der Waals surface area contributed by atoms with Crippen molar-refractivity contribution < 1.29 is 4.79 Å². The number of rotatable bonds is 5. The van der Waals surface area contributed by atoms with Gasteiger partial charge in [-0.05, 0) is 33.1 Å². The van der Waals surface area contributed by atoms with E-state index in [0.29, 0.717) is 5.92 Å². The van der Waals surface area contributed by atoms with Crippen LogP contribution in [-0.4, -0.2) is 11.9 Å². The molecule has 0 rings (SSSR count). The van der Waals surface area contributed by atoms with Crippen LogP contribution in [0.5, 0.6) is 0 Å². The predicted molar refractivity (Wildman–Crippen MR) is 61.1 cm³/mol. The molecule has 0 radical (unpaired) electrons. The Kier molecular flexibility index (Phi) is 5.35. The van der Waals surface area contributed by atoms with Gasteiger partial charge in [-0.3, -0.25) is 4.79 Å². The van der Waals surface area contributed by atoms with Crippen molar-refractivity contribution in [2.75, 3.05) is 0 Å². The van der Waals surface area contributed by atoms with Gasteiger partial charge in [0, 0.05) is 6.04 Å². The normalized spacial score (nSPS) is 15.2. The fourth-order valence-electron chi connectivity index (χ4n) is 1.28. The summed E-state index contributed by atoms with van der Waals surface area (Å²) < 4.78 is 0. The van der Waals surface area contributed by atoms with Gasteiger partial charge in [0.25, 0.3) is 0 Å². The molecule has 0 saturated carbocycles. The van der Waals surface area contributed by atoms with Crippen molar-refractivity contribution >= 4 is 5.91 Å². The molecule has 15 heavy (non-hydrogen) atoms. The molecule has 0 aliphatic carbocycles. The molecule has 0 saturated heterocycles. The Morgan fingerprint density at radius 3 is 2.40 bits per heavy atom. The number of hydrogen-bond acceptors (Lipinski definition) is 2. The second-order valence-corrected chi connectivity index (χ2v) is 4.86. The summed E-state index contributed by atoms with van der Waals surface area (Å²) in [5, 5.41) is 11.7. The van der Waals surface area contributed by atoms with Gasteiger partial charge in [0.1, 0.15) is 5.41 Å². The molecule has 0 heterocycles. The van der Waals surface area contributed by atoms with Crippen LogP contribution in [-0.2, 0) is 4.79 Å². The van der Waals surface area contributed by atoms with Gasteiger partial charge in [0.05, 0.1) is 6.07 Å². The smallest absolute Gasteiger partial charge is 0.240 e. The lowest BCUT2D eigenvalue weighted by molar-refractivity contribution is -0.127. The molecule has 2 unspecified atom stereocenters. The molecule has 3 heteroatoms. The maximum atomic E-state index is 11.6. The van der Waals surface area contributed by atoms with Crippen LogP contribution in [0.15, 0.2) is 0 Å². The lowest BCUT2D eigenvalue weighted by Gasteiger charge is -2.21. The maximum Gasteiger partial charge on any atom is 0.240 e. The van der Waals surface area contributed by atoms with E-state index in [1.807, 2.05) is 13.0 Å². The van der Waals surface area contributed by atoms with Crippen LogP contribution in [0.3, 0.4) is 0 Å². The molecule has 3 nitrogen and oxygen atoms in total. The van der Waals surface area contributed by atoms with Gasteiger partial charge in [-0.15, -0.1) is 0 Å². The van der Waals surface area contributed by atoms with Crippen LogP contribution in [0.1, 0.15) is 47.5 Å². The molecule has 1 amide bonds. The average molecular weight is 210 g/mol. The zero-order valence-corrected chi connectivity index (χ0v) is 10.4. The third kappa shape index (κ3) is 4.83.